The van der Waals surface area contributed by atoms with Crippen molar-refractivity contribution < 1.29 is 24.1 Å². The van der Waals surface area contributed by atoms with E-state index < -0.39 is 12.0 Å². The Kier molecular flexibility index (Phi) is 14.9. The summed E-state index contributed by atoms with van der Waals surface area (Å²) in [6.45, 7) is 13.1. The average molecular weight is 439 g/mol. The summed E-state index contributed by atoms with van der Waals surface area (Å²) in [6, 6.07) is 0. The lowest BCUT2D eigenvalue weighted by Gasteiger charge is -2.20. The summed E-state index contributed by atoms with van der Waals surface area (Å²) in [4.78, 5) is 46.9. The summed E-state index contributed by atoms with van der Waals surface area (Å²) in [5.74, 6) is -0.678. The highest BCUT2D eigenvalue weighted by atomic mass is 16.7. The lowest BCUT2D eigenvalue weighted by molar-refractivity contribution is -0.149. The fraction of sp³-hybridized carbons (Fsp3) is 0.591. The molecule has 0 aromatic heterocycles. The first-order chi connectivity index (χ1) is 14.6. The van der Waals surface area contributed by atoms with E-state index in [2.05, 4.69) is 28.2 Å². The predicted octanol–water partition coefficient (Wildman–Crippen LogP) is 2.24. The minimum atomic E-state index is -0.864. The maximum atomic E-state index is 12.8. The first-order valence-corrected chi connectivity index (χ1v) is 10.4. The maximum Gasteiger partial charge on any atom is 0.256 e. The number of rotatable bonds is 15. The van der Waals surface area contributed by atoms with Gasteiger partial charge in [-0.1, -0.05) is 39.8 Å². The summed E-state index contributed by atoms with van der Waals surface area (Å²) in [7, 11) is 1.56. The SMILES string of the molecule is C=CC/C(=C\C(=C/C)NC(=O)CONC)NC(=O)C(CC(C)C)ONC(=O)CC(C)C. The second kappa shape index (κ2) is 16.2. The Morgan fingerprint density at radius 2 is 1.71 bits per heavy atom. The fourth-order valence-corrected chi connectivity index (χ4v) is 2.44. The molecule has 0 saturated heterocycles. The largest absolute Gasteiger partial charge is 0.327 e. The number of hydrogen-bond acceptors (Lipinski definition) is 6. The standard InChI is InChI=1S/C22H38N4O5/c1-8-10-18(13-17(9-2)24-21(28)14-30-23-7)25-22(29)19(11-15(3)4)31-26-20(27)12-16(5)6/h8-9,13,15-16,19,23H,1,10-12,14H2,2-7H3,(H,24,28)(H,25,29)(H,26,27)/b17-9+,18-13+. The number of carbonyl (C=O) groups excluding carboxylic acids is 3. The molecule has 31 heavy (non-hydrogen) atoms. The van der Waals surface area contributed by atoms with E-state index in [0.717, 1.165) is 0 Å². The van der Waals surface area contributed by atoms with Crippen LogP contribution in [0.4, 0.5) is 0 Å². The second-order valence-electron chi connectivity index (χ2n) is 7.80. The van der Waals surface area contributed by atoms with Gasteiger partial charge >= 0.3 is 0 Å². The van der Waals surface area contributed by atoms with Gasteiger partial charge in [0.05, 0.1) is 0 Å². The van der Waals surface area contributed by atoms with Crippen molar-refractivity contribution in [2.45, 2.75) is 60.0 Å². The summed E-state index contributed by atoms with van der Waals surface area (Å²) < 4.78 is 0. The molecule has 9 heteroatoms. The van der Waals surface area contributed by atoms with Crippen LogP contribution in [0.1, 0.15) is 53.9 Å². The highest BCUT2D eigenvalue weighted by Crippen LogP contribution is 2.11. The molecule has 0 rings (SSSR count). The molecule has 0 saturated carbocycles. The van der Waals surface area contributed by atoms with Crippen molar-refractivity contribution in [3.8, 4) is 0 Å². The third kappa shape index (κ3) is 14.2. The van der Waals surface area contributed by atoms with E-state index in [1.165, 1.54) is 0 Å². The van der Waals surface area contributed by atoms with Crippen LogP contribution in [0.5, 0.6) is 0 Å². The van der Waals surface area contributed by atoms with Gasteiger partial charge in [-0.15, -0.1) is 6.58 Å². The fourth-order valence-electron chi connectivity index (χ4n) is 2.44. The highest BCUT2D eigenvalue weighted by molar-refractivity contribution is 5.83. The molecular formula is C22H38N4O5. The van der Waals surface area contributed by atoms with Crippen molar-refractivity contribution in [2.75, 3.05) is 13.7 Å². The smallest absolute Gasteiger partial charge is 0.256 e. The zero-order chi connectivity index (χ0) is 23.8. The van der Waals surface area contributed by atoms with E-state index in [0.29, 0.717) is 30.7 Å². The number of hydroxylamine groups is 2. The molecule has 1 atom stereocenters. The van der Waals surface area contributed by atoms with Crippen LogP contribution in [0.2, 0.25) is 0 Å². The van der Waals surface area contributed by atoms with Crippen molar-refractivity contribution in [3.05, 3.63) is 36.2 Å². The first kappa shape index (κ1) is 28.5. The van der Waals surface area contributed by atoms with E-state index >= 15 is 0 Å². The van der Waals surface area contributed by atoms with E-state index in [1.54, 1.807) is 32.2 Å². The zero-order valence-corrected chi connectivity index (χ0v) is 19.5. The van der Waals surface area contributed by atoms with Crippen LogP contribution >= 0.6 is 0 Å². The quantitative estimate of drug-likeness (QED) is 0.177. The lowest BCUT2D eigenvalue weighted by atomic mass is 10.1. The molecule has 176 valence electrons. The van der Waals surface area contributed by atoms with Crippen LogP contribution < -0.4 is 21.6 Å². The maximum absolute atomic E-state index is 12.8. The predicted molar refractivity (Wildman–Crippen MR) is 120 cm³/mol. The molecule has 0 aliphatic heterocycles. The van der Waals surface area contributed by atoms with Gasteiger partial charge in [0, 0.05) is 31.3 Å². The molecular weight excluding hydrogens is 400 g/mol. The molecule has 4 N–H and O–H groups in total. The number of amides is 3. The van der Waals surface area contributed by atoms with Crippen molar-refractivity contribution in [2.24, 2.45) is 11.8 Å². The summed E-state index contributed by atoms with van der Waals surface area (Å²) in [5.41, 5.74) is 5.82. The number of nitrogens with one attached hydrogen (secondary N) is 4. The summed E-state index contributed by atoms with van der Waals surface area (Å²) in [6.07, 6.45) is 5.19. The highest BCUT2D eigenvalue weighted by Gasteiger charge is 2.23. The minimum Gasteiger partial charge on any atom is -0.327 e. The van der Waals surface area contributed by atoms with Gasteiger partial charge in [0.15, 0.2) is 6.10 Å². The molecule has 0 aliphatic carbocycles. The normalized spacial score (nSPS) is 13.2. The Balaban J connectivity index is 5.25. The number of allylic oxidation sites excluding steroid dienone is 3. The molecule has 0 aromatic carbocycles. The third-order valence-corrected chi connectivity index (χ3v) is 3.81. The first-order valence-electron chi connectivity index (χ1n) is 10.4. The molecule has 0 bridgehead atoms. The Labute approximate surface area is 185 Å². The van der Waals surface area contributed by atoms with E-state index in [1.807, 2.05) is 27.7 Å². The molecule has 3 amide bonds. The van der Waals surface area contributed by atoms with Crippen LogP contribution in [0.25, 0.3) is 0 Å². The van der Waals surface area contributed by atoms with Gasteiger partial charge in [0.25, 0.3) is 11.8 Å². The molecule has 0 aliphatic rings. The zero-order valence-electron chi connectivity index (χ0n) is 19.5. The van der Waals surface area contributed by atoms with Gasteiger partial charge in [0.1, 0.15) is 6.61 Å². The van der Waals surface area contributed by atoms with Crippen molar-refractivity contribution >= 4 is 17.7 Å². The third-order valence-electron chi connectivity index (χ3n) is 3.81. The van der Waals surface area contributed by atoms with Gasteiger partial charge in [-0.05, 0) is 31.3 Å². The van der Waals surface area contributed by atoms with Gasteiger partial charge in [-0.25, -0.2) is 11.0 Å². The number of hydrogen-bond donors (Lipinski definition) is 4. The second-order valence-corrected chi connectivity index (χ2v) is 7.80. The van der Waals surface area contributed by atoms with Crippen LogP contribution in [-0.4, -0.2) is 37.5 Å². The van der Waals surface area contributed by atoms with Gasteiger partial charge in [-0.2, -0.15) is 0 Å². The van der Waals surface area contributed by atoms with Crippen molar-refractivity contribution in [1.82, 2.24) is 21.6 Å². The van der Waals surface area contributed by atoms with Gasteiger partial charge in [-0.3, -0.25) is 24.1 Å². The van der Waals surface area contributed by atoms with Crippen LogP contribution in [-0.2, 0) is 24.1 Å². The monoisotopic (exact) mass is 438 g/mol. The number of carbonyl (C=O) groups is 3. The van der Waals surface area contributed by atoms with Crippen molar-refractivity contribution in [1.29, 1.82) is 0 Å². The summed E-state index contributed by atoms with van der Waals surface area (Å²) in [5, 5.41) is 5.50. The van der Waals surface area contributed by atoms with Gasteiger partial charge in [0.2, 0.25) is 5.91 Å². The van der Waals surface area contributed by atoms with Gasteiger partial charge < -0.3 is 10.6 Å². The van der Waals surface area contributed by atoms with Crippen molar-refractivity contribution in [3.63, 3.8) is 0 Å². The van der Waals surface area contributed by atoms with Crippen LogP contribution in [0.15, 0.2) is 36.2 Å². The summed E-state index contributed by atoms with van der Waals surface area (Å²) >= 11 is 0. The molecule has 0 radical (unpaired) electrons. The molecule has 0 spiro atoms. The van der Waals surface area contributed by atoms with Crippen LogP contribution in [0.3, 0.4) is 0 Å². The molecule has 0 aromatic rings. The Morgan fingerprint density at radius 1 is 1.03 bits per heavy atom. The average Bonchev–Trinajstić information content (AvgIpc) is 2.68. The molecule has 1 unspecified atom stereocenters. The minimum absolute atomic E-state index is 0.161. The molecule has 0 heterocycles. The van der Waals surface area contributed by atoms with E-state index in [4.69, 9.17) is 9.68 Å². The molecule has 9 nitrogen and oxygen atoms in total. The van der Waals surface area contributed by atoms with E-state index in [-0.39, 0.29) is 30.3 Å². The topological polar surface area (TPSA) is 118 Å². The Bertz CT molecular complexity index is 656. The van der Waals surface area contributed by atoms with Crippen LogP contribution in [0, 0.1) is 11.8 Å². The Hall–Kier alpha value is -2.49. The van der Waals surface area contributed by atoms with E-state index in [9.17, 15) is 14.4 Å². The lowest BCUT2D eigenvalue weighted by Crippen LogP contribution is -2.41. The molecule has 0 fully saturated rings. The Morgan fingerprint density at radius 3 is 2.23 bits per heavy atom.